The number of carboxylic acid groups (broad SMARTS) is 1. The lowest BCUT2D eigenvalue weighted by Gasteiger charge is -2.22. The Morgan fingerprint density at radius 1 is 1.07 bits per heavy atom. The molecule has 0 fully saturated rings. The number of pyridine rings is 1. The molecule has 2 heterocycles. The highest BCUT2D eigenvalue weighted by atomic mass is 16.5. The molecular formula is C23H22N2O4. The van der Waals surface area contributed by atoms with Gasteiger partial charge in [-0.3, -0.25) is 4.79 Å². The van der Waals surface area contributed by atoms with Gasteiger partial charge in [0.25, 0.3) is 5.56 Å². The van der Waals surface area contributed by atoms with Gasteiger partial charge in [0.1, 0.15) is 0 Å². The maximum Gasteiger partial charge on any atom is 0.339 e. The molecule has 6 nitrogen and oxygen atoms in total. The van der Waals surface area contributed by atoms with E-state index >= 15 is 0 Å². The van der Waals surface area contributed by atoms with Crippen LogP contribution in [0.25, 0.3) is 32.8 Å². The molecule has 0 aliphatic rings. The number of methoxy groups -OCH3 is 1. The van der Waals surface area contributed by atoms with Crippen LogP contribution in [0.1, 0.15) is 17.4 Å². The second kappa shape index (κ2) is 6.90. The number of hydrogen-bond acceptors (Lipinski definition) is 3. The molecule has 29 heavy (non-hydrogen) atoms. The van der Waals surface area contributed by atoms with E-state index in [4.69, 9.17) is 4.74 Å². The summed E-state index contributed by atoms with van der Waals surface area (Å²) in [6.07, 6.45) is 0.713. The molecular weight excluding hydrogens is 368 g/mol. The monoisotopic (exact) mass is 390 g/mol. The third-order valence-corrected chi connectivity index (χ3v) is 5.48. The first-order valence-corrected chi connectivity index (χ1v) is 9.27. The average molecular weight is 390 g/mol. The van der Waals surface area contributed by atoms with E-state index in [-0.39, 0.29) is 5.56 Å². The highest BCUT2D eigenvalue weighted by molar-refractivity contribution is 6.01. The molecule has 0 spiro atoms. The van der Waals surface area contributed by atoms with Crippen LogP contribution in [0, 0.1) is 6.92 Å². The zero-order chi connectivity index (χ0) is 20.9. The van der Waals surface area contributed by atoms with Gasteiger partial charge in [-0.25, -0.2) is 4.79 Å². The van der Waals surface area contributed by atoms with E-state index in [1.165, 1.54) is 11.7 Å². The van der Waals surface area contributed by atoms with Crippen LogP contribution in [0.2, 0.25) is 0 Å². The van der Waals surface area contributed by atoms with Crippen LogP contribution in [0.3, 0.4) is 0 Å². The SMILES string of the molecule is COC(C(=O)O)c1c(-c2ccc3ccn(C)c3c2)c2cc(C)ccc2c(=O)n1C. The van der Waals surface area contributed by atoms with E-state index in [1.54, 1.807) is 13.1 Å². The predicted octanol–water partition coefficient (Wildman–Crippen LogP) is 3.78. The quantitative estimate of drug-likeness (QED) is 0.576. The topological polar surface area (TPSA) is 73.5 Å². The summed E-state index contributed by atoms with van der Waals surface area (Å²) in [5, 5.41) is 12.1. The highest BCUT2D eigenvalue weighted by Gasteiger charge is 2.28. The molecule has 0 saturated heterocycles. The van der Waals surface area contributed by atoms with Gasteiger partial charge in [0, 0.05) is 43.9 Å². The van der Waals surface area contributed by atoms with E-state index in [0.717, 1.165) is 27.4 Å². The fourth-order valence-corrected chi connectivity index (χ4v) is 4.00. The number of nitrogens with zero attached hydrogens (tertiary/aromatic N) is 2. The summed E-state index contributed by atoms with van der Waals surface area (Å²) >= 11 is 0. The third kappa shape index (κ3) is 2.93. The second-order valence-electron chi connectivity index (χ2n) is 7.33. The molecule has 4 rings (SSSR count). The van der Waals surface area contributed by atoms with Crippen molar-refractivity contribution in [2.24, 2.45) is 14.1 Å². The lowest BCUT2D eigenvalue weighted by molar-refractivity contribution is -0.149. The summed E-state index contributed by atoms with van der Waals surface area (Å²) in [5.41, 5.74) is 3.63. The summed E-state index contributed by atoms with van der Waals surface area (Å²) in [6, 6.07) is 13.6. The summed E-state index contributed by atoms with van der Waals surface area (Å²) < 4.78 is 8.71. The maximum atomic E-state index is 13.0. The Balaban J connectivity index is 2.20. The number of hydrogen-bond donors (Lipinski definition) is 1. The number of aromatic nitrogens is 2. The normalized spacial score (nSPS) is 12.6. The van der Waals surface area contributed by atoms with Crippen LogP contribution in [0.5, 0.6) is 0 Å². The van der Waals surface area contributed by atoms with Gasteiger partial charge in [-0.1, -0.05) is 29.8 Å². The Kier molecular flexibility index (Phi) is 4.51. The molecule has 0 radical (unpaired) electrons. The van der Waals surface area contributed by atoms with Crippen molar-refractivity contribution in [1.82, 2.24) is 9.13 Å². The molecule has 1 unspecified atom stereocenters. The zero-order valence-electron chi connectivity index (χ0n) is 16.8. The van der Waals surface area contributed by atoms with E-state index in [0.29, 0.717) is 16.6 Å². The van der Waals surface area contributed by atoms with E-state index in [1.807, 2.05) is 61.1 Å². The lowest BCUT2D eigenvalue weighted by Crippen LogP contribution is -2.27. The van der Waals surface area contributed by atoms with Gasteiger partial charge in [0.2, 0.25) is 0 Å². The number of fused-ring (bicyclic) bond motifs is 2. The van der Waals surface area contributed by atoms with Crippen molar-refractivity contribution in [3.63, 3.8) is 0 Å². The Morgan fingerprint density at radius 2 is 1.83 bits per heavy atom. The van der Waals surface area contributed by atoms with Crippen molar-refractivity contribution in [2.45, 2.75) is 13.0 Å². The van der Waals surface area contributed by atoms with Crippen LogP contribution in [-0.4, -0.2) is 27.3 Å². The molecule has 0 aliphatic carbocycles. The zero-order valence-corrected chi connectivity index (χ0v) is 16.8. The van der Waals surface area contributed by atoms with Crippen molar-refractivity contribution in [3.05, 3.63) is 70.3 Å². The van der Waals surface area contributed by atoms with Crippen LogP contribution in [-0.2, 0) is 23.6 Å². The van der Waals surface area contributed by atoms with Crippen LogP contribution in [0.15, 0.2) is 53.5 Å². The van der Waals surface area contributed by atoms with Crippen LogP contribution >= 0.6 is 0 Å². The van der Waals surface area contributed by atoms with Crippen molar-refractivity contribution < 1.29 is 14.6 Å². The molecule has 4 aromatic rings. The first-order valence-electron chi connectivity index (χ1n) is 9.27. The Hall–Kier alpha value is -3.38. The minimum atomic E-state index is -1.27. The molecule has 148 valence electrons. The molecule has 1 atom stereocenters. The van der Waals surface area contributed by atoms with E-state index in [2.05, 4.69) is 0 Å². The van der Waals surface area contributed by atoms with Gasteiger partial charge in [0.05, 0.1) is 5.69 Å². The molecule has 0 saturated carbocycles. The molecule has 0 bridgehead atoms. The number of ether oxygens (including phenoxy) is 1. The van der Waals surface area contributed by atoms with Crippen molar-refractivity contribution >= 4 is 27.6 Å². The minimum absolute atomic E-state index is 0.248. The fourth-order valence-electron chi connectivity index (χ4n) is 4.00. The standard InChI is InChI=1S/C23H22N2O4/c1-13-5-8-16-17(11-13)19(15-7-6-14-9-10-24(2)18(14)12-15)20(25(3)22(16)26)21(29-4)23(27)28/h5-12,21H,1-4H3,(H,27,28). The lowest BCUT2D eigenvalue weighted by atomic mass is 9.93. The average Bonchev–Trinajstić information content (AvgIpc) is 3.06. The highest BCUT2D eigenvalue weighted by Crippen LogP contribution is 2.36. The molecule has 2 aromatic heterocycles. The molecule has 2 aromatic carbocycles. The van der Waals surface area contributed by atoms with Gasteiger partial charge in [-0.15, -0.1) is 0 Å². The number of carboxylic acids is 1. The van der Waals surface area contributed by atoms with Gasteiger partial charge >= 0.3 is 5.97 Å². The Morgan fingerprint density at radius 3 is 2.52 bits per heavy atom. The van der Waals surface area contributed by atoms with Gasteiger partial charge < -0.3 is 19.0 Å². The number of rotatable bonds is 4. The maximum absolute atomic E-state index is 13.0. The van der Waals surface area contributed by atoms with Gasteiger partial charge in [0.15, 0.2) is 6.10 Å². The number of aliphatic carboxylic acids is 1. The Labute approximate surface area is 167 Å². The second-order valence-corrected chi connectivity index (χ2v) is 7.33. The van der Waals surface area contributed by atoms with Crippen LogP contribution in [0.4, 0.5) is 0 Å². The predicted molar refractivity (Wildman–Crippen MR) is 113 cm³/mol. The summed E-state index contributed by atoms with van der Waals surface area (Å²) in [4.78, 5) is 25.0. The molecule has 0 amide bonds. The van der Waals surface area contributed by atoms with Crippen molar-refractivity contribution in [1.29, 1.82) is 0 Å². The smallest absolute Gasteiger partial charge is 0.339 e. The number of carbonyl (C=O) groups is 1. The summed E-state index contributed by atoms with van der Waals surface area (Å²) in [5.74, 6) is -1.14. The minimum Gasteiger partial charge on any atom is -0.479 e. The first kappa shape index (κ1) is 19.0. The van der Waals surface area contributed by atoms with Gasteiger partial charge in [-0.2, -0.15) is 0 Å². The molecule has 1 N–H and O–H groups in total. The molecule has 0 aliphatic heterocycles. The van der Waals surface area contributed by atoms with E-state index in [9.17, 15) is 14.7 Å². The summed E-state index contributed by atoms with van der Waals surface area (Å²) in [6.45, 7) is 1.95. The largest absolute Gasteiger partial charge is 0.479 e. The number of benzene rings is 2. The van der Waals surface area contributed by atoms with Gasteiger partial charge in [-0.05, 0) is 41.5 Å². The molecule has 6 heteroatoms. The van der Waals surface area contributed by atoms with E-state index < -0.39 is 12.1 Å². The number of aryl methyl sites for hydroxylation is 2. The Bertz CT molecular complexity index is 1330. The first-order chi connectivity index (χ1) is 13.8. The fraction of sp³-hybridized carbons (Fsp3) is 0.217. The van der Waals surface area contributed by atoms with Crippen molar-refractivity contribution in [2.75, 3.05) is 7.11 Å². The third-order valence-electron chi connectivity index (χ3n) is 5.48. The van der Waals surface area contributed by atoms with Crippen LogP contribution < -0.4 is 5.56 Å². The van der Waals surface area contributed by atoms with Crippen molar-refractivity contribution in [3.8, 4) is 11.1 Å². The summed E-state index contributed by atoms with van der Waals surface area (Å²) in [7, 11) is 4.90.